The van der Waals surface area contributed by atoms with Crippen molar-refractivity contribution in [1.29, 1.82) is 0 Å². The lowest BCUT2D eigenvalue weighted by molar-refractivity contribution is -0.111. The number of rotatable bonds is 2. The first-order valence-corrected chi connectivity index (χ1v) is 8.65. The highest BCUT2D eigenvalue weighted by Crippen LogP contribution is 2.36. The number of carbonyl (C=O) groups is 1. The smallest absolute Gasteiger partial charge is 0.275 e. The first-order chi connectivity index (χ1) is 11.7. The molecule has 0 spiro atoms. The number of hydrogen-bond acceptors (Lipinski definition) is 2. The van der Waals surface area contributed by atoms with Crippen molar-refractivity contribution in [1.82, 2.24) is 0 Å². The van der Waals surface area contributed by atoms with E-state index in [-0.39, 0.29) is 5.91 Å². The van der Waals surface area contributed by atoms with Gasteiger partial charge in [-0.05, 0) is 65.1 Å². The summed E-state index contributed by atoms with van der Waals surface area (Å²) in [5, 5.41) is 0. The van der Waals surface area contributed by atoms with Crippen LogP contribution in [0.5, 0.6) is 0 Å². The Labute approximate surface area is 153 Å². The summed E-state index contributed by atoms with van der Waals surface area (Å²) in [6.07, 6.45) is 0. The largest absolute Gasteiger partial charge is 0.282 e. The highest BCUT2D eigenvalue weighted by molar-refractivity contribution is 14.1. The van der Waals surface area contributed by atoms with E-state index in [2.05, 4.69) is 27.6 Å². The molecule has 3 aromatic rings. The van der Waals surface area contributed by atoms with Crippen LogP contribution in [0.2, 0.25) is 0 Å². The quantitative estimate of drug-likeness (QED) is 0.528. The highest BCUT2D eigenvalue weighted by Gasteiger charge is 2.34. The zero-order valence-electron chi connectivity index (χ0n) is 12.7. The molecule has 0 aliphatic carbocycles. The number of aliphatic imine (C=N–C) groups is 1. The van der Waals surface area contributed by atoms with Crippen LogP contribution >= 0.6 is 22.6 Å². The van der Waals surface area contributed by atoms with Gasteiger partial charge in [-0.15, -0.1) is 0 Å². The molecule has 4 rings (SSSR count). The van der Waals surface area contributed by atoms with Crippen LogP contribution in [0.4, 0.5) is 17.1 Å². The Balaban J connectivity index is 1.85. The van der Waals surface area contributed by atoms with Crippen LogP contribution in [0.25, 0.3) is 0 Å². The molecule has 1 heterocycles. The number of amides is 1. The molecule has 0 fully saturated rings. The van der Waals surface area contributed by atoms with Crippen LogP contribution in [0.1, 0.15) is 5.56 Å². The third-order valence-electron chi connectivity index (χ3n) is 3.89. The second-order valence-corrected chi connectivity index (χ2v) is 6.68. The van der Waals surface area contributed by atoms with Crippen molar-refractivity contribution in [3.05, 3.63) is 88.0 Å². The molecule has 116 valence electrons. The Kier molecular flexibility index (Phi) is 3.90. The van der Waals surface area contributed by atoms with Crippen molar-refractivity contribution in [3.63, 3.8) is 0 Å². The lowest BCUT2D eigenvalue weighted by Gasteiger charge is -2.16. The molecule has 0 bridgehead atoms. The third kappa shape index (κ3) is 2.63. The number of carbonyl (C=O) groups excluding carboxylic acids is 1. The average Bonchev–Trinajstić information content (AvgIpc) is 2.90. The first kappa shape index (κ1) is 15.1. The van der Waals surface area contributed by atoms with E-state index in [9.17, 15) is 4.79 Å². The third-order valence-corrected chi connectivity index (χ3v) is 4.61. The van der Waals surface area contributed by atoms with Gasteiger partial charge in [0.2, 0.25) is 0 Å². The summed E-state index contributed by atoms with van der Waals surface area (Å²) in [5.41, 5.74) is 3.85. The van der Waals surface area contributed by atoms with Crippen molar-refractivity contribution in [3.8, 4) is 0 Å². The molecule has 1 aliphatic rings. The van der Waals surface area contributed by atoms with Crippen molar-refractivity contribution < 1.29 is 4.79 Å². The minimum absolute atomic E-state index is 0.0963. The van der Waals surface area contributed by atoms with E-state index >= 15 is 0 Å². The molecule has 0 N–H and O–H groups in total. The summed E-state index contributed by atoms with van der Waals surface area (Å²) in [4.78, 5) is 19.4. The van der Waals surface area contributed by atoms with Gasteiger partial charge in [-0.1, -0.05) is 36.4 Å². The van der Waals surface area contributed by atoms with Gasteiger partial charge >= 0.3 is 0 Å². The van der Waals surface area contributed by atoms with Crippen molar-refractivity contribution >= 4 is 51.3 Å². The summed E-state index contributed by atoms with van der Waals surface area (Å²) in [6, 6.07) is 25.3. The molecule has 1 aliphatic heterocycles. The van der Waals surface area contributed by atoms with Gasteiger partial charge < -0.3 is 0 Å². The normalized spacial score (nSPS) is 15.0. The van der Waals surface area contributed by atoms with E-state index in [4.69, 9.17) is 0 Å². The summed E-state index contributed by atoms with van der Waals surface area (Å²) in [7, 11) is 0. The van der Waals surface area contributed by atoms with Crippen molar-refractivity contribution in [2.45, 2.75) is 0 Å². The SMILES string of the molecule is O=C1C(=Nc2ccc(I)cc2)c2ccccc2N1c1ccccc1. The fourth-order valence-electron chi connectivity index (χ4n) is 2.79. The highest BCUT2D eigenvalue weighted by atomic mass is 127. The molecule has 0 atom stereocenters. The van der Waals surface area contributed by atoms with Gasteiger partial charge in [-0.2, -0.15) is 0 Å². The number of anilines is 2. The molecule has 3 nitrogen and oxygen atoms in total. The van der Waals surface area contributed by atoms with Crippen LogP contribution in [-0.2, 0) is 4.79 Å². The minimum atomic E-state index is -0.0963. The molecule has 0 radical (unpaired) electrons. The van der Waals surface area contributed by atoms with Crippen LogP contribution in [-0.4, -0.2) is 11.6 Å². The zero-order valence-corrected chi connectivity index (χ0v) is 14.8. The summed E-state index contributed by atoms with van der Waals surface area (Å²) in [6.45, 7) is 0. The van der Waals surface area contributed by atoms with Gasteiger partial charge in [0.05, 0.1) is 11.4 Å². The van der Waals surface area contributed by atoms with E-state index in [1.807, 2.05) is 78.9 Å². The first-order valence-electron chi connectivity index (χ1n) is 7.57. The Morgan fingerprint density at radius 3 is 2.21 bits per heavy atom. The topological polar surface area (TPSA) is 32.7 Å². The number of halogens is 1. The molecule has 4 heteroatoms. The Hall–Kier alpha value is -2.47. The van der Waals surface area contributed by atoms with Gasteiger partial charge in [0.1, 0.15) is 5.71 Å². The number of nitrogens with zero attached hydrogens (tertiary/aromatic N) is 2. The lowest BCUT2D eigenvalue weighted by Crippen LogP contribution is -2.25. The van der Waals surface area contributed by atoms with E-state index in [0.717, 1.165) is 26.2 Å². The van der Waals surface area contributed by atoms with Gasteiger partial charge in [-0.25, -0.2) is 4.99 Å². The van der Waals surface area contributed by atoms with E-state index in [1.165, 1.54) is 0 Å². The fraction of sp³-hybridized carbons (Fsp3) is 0. The maximum atomic E-state index is 13.0. The van der Waals surface area contributed by atoms with E-state index in [0.29, 0.717) is 5.71 Å². The Morgan fingerprint density at radius 1 is 0.792 bits per heavy atom. The Bertz CT molecular complexity index is 933. The summed E-state index contributed by atoms with van der Waals surface area (Å²) in [5.74, 6) is -0.0963. The molecule has 24 heavy (non-hydrogen) atoms. The molecule has 3 aromatic carbocycles. The Morgan fingerprint density at radius 2 is 1.46 bits per heavy atom. The van der Waals surface area contributed by atoms with Gasteiger partial charge in [0, 0.05) is 14.8 Å². The van der Waals surface area contributed by atoms with Crippen molar-refractivity contribution in [2.24, 2.45) is 4.99 Å². The number of hydrogen-bond donors (Lipinski definition) is 0. The molecule has 0 saturated carbocycles. The second kappa shape index (κ2) is 6.20. The zero-order chi connectivity index (χ0) is 16.5. The minimum Gasteiger partial charge on any atom is -0.275 e. The second-order valence-electron chi connectivity index (χ2n) is 5.43. The molecule has 0 aromatic heterocycles. The standard InChI is InChI=1S/C20H13IN2O/c21-14-10-12-15(13-11-14)22-19-17-8-4-5-9-18(17)23(20(19)24)16-6-2-1-3-7-16/h1-13H. The molecular formula is C20H13IN2O. The van der Waals surface area contributed by atoms with E-state index < -0.39 is 0 Å². The number of para-hydroxylation sites is 2. The van der Waals surface area contributed by atoms with Gasteiger partial charge in [-0.3, -0.25) is 9.69 Å². The van der Waals surface area contributed by atoms with Crippen LogP contribution in [0, 0.1) is 3.57 Å². The summed E-state index contributed by atoms with van der Waals surface area (Å²) >= 11 is 2.25. The fourth-order valence-corrected chi connectivity index (χ4v) is 3.15. The van der Waals surface area contributed by atoms with Crippen LogP contribution < -0.4 is 4.90 Å². The molecule has 0 saturated heterocycles. The van der Waals surface area contributed by atoms with Crippen LogP contribution in [0.15, 0.2) is 83.9 Å². The van der Waals surface area contributed by atoms with Gasteiger partial charge in [0.25, 0.3) is 5.91 Å². The average molecular weight is 424 g/mol. The molecular weight excluding hydrogens is 411 g/mol. The predicted molar refractivity (Wildman–Crippen MR) is 105 cm³/mol. The monoisotopic (exact) mass is 424 g/mol. The maximum absolute atomic E-state index is 13.0. The molecule has 1 amide bonds. The lowest BCUT2D eigenvalue weighted by atomic mass is 10.1. The number of fused-ring (bicyclic) bond motifs is 1. The maximum Gasteiger partial charge on any atom is 0.282 e. The predicted octanol–water partition coefficient (Wildman–Crippen LogP) is 5.09. The van der Waals surface area contributed by atoms with Gasteiger partial charge in [0.15, 0.2) is 0 Å². The summed E-state index contributed by atoms with van der Waals surface area (Å²) < 4.78 is 1.14. The van der Waals surface area contributed by atoms with E-state index in [1.54, 1.807) is 4.90 Å². The van der Waals surface area contributed by atoms with Crippen LogP contribution in [0.3, 0.4) is 0 Å². The molecule has 0 unspecified atom stereocenters. The van der Waals surface area contributed by atoms with Crippen molar-refractivity contribution in [2.75, 3.05) is 4.90 Å². The number of benzene rings is 3.